The molecule has 2 aliphatic carbocycles. The van der Waals surface area contributed by atoms with Gasteiger partial charge in [0.1, 0.15) is 0 Å². The number of fused-ring (bicyclic) bond motifs is 2. The Morgan fingerprint density at radius 2 is 1.91 bits per heavy atom. The summed E-state index contributed by atoms with van der Waals surface area (Å²) in [4.78, 5) is 12.2. The van der Waals surface area contributed by atoms with Crippen molar-refractivity contribution in [3.05, 3.63) is 35.4 Å². The third-order valence-electron chi connectivity index (χ3n) is 5.45. The standard InChI is InChI=1S/C19H26N2O/c1-12(2)15-6-8-16(9-7-15)19(22)21-20-13(3)18-11-14-4-5-17(18)10-14/h6-9,12,14,17-18H,4-5,10-11H2,1-3H3,(H,21,22)/b20-13+. The molecular weight excluding hydrogens is 272 g/mol. The van der Waals surface area contributed by atoms with Gasteiger partial charge in [0.05, 0.1) is 0 Å². The van der Waals surface area contributed by atoms with Gasteiger partial charge in [-0.25, -0.2) is 5.43 Å². The van der Waals surface area contributed by atoms with Gasteiger partial charge in [-0.3, -0.25) is 4.79 Å². The Kier molecular flexibility index (Phi) is 4.32. The maximum absolute atomic E-state index is 12.2. The third-order valence-corrected chi connectivity index (χ3v) is 5.45. The summed E-state index contributed by atoms with van der Waals surface area (Å²) in [6.45, 7) is 6.36. The van der Waals surface area contributed by atoms with E-state index in [1.54, 1.807) is 0 Å². The Morgan fingerprint density at radius 1 is 1.18 bits per heavy atom. The number of carbonyl (C=O) groups is 1. The predicted octanol–water partition coefficient (Wildman–Crippen LogP) is 4.35. The summed E-state index contributed by atoms with van der Waals surface area (Å²) in [6, 6.07) is 7.80. The first kappa shape index (κ1) is 15.3. The van der Waals surface area contributed by atoms with Gasteiger partial charge in [-0.2, -0.15) is 5.10 Å². The van der Waals surface area contributed by atoms with E-state index in [0.29, 0.717) is 17.4 Å². The average Bonchev–Trinajstić information content (AvgIpc) is 3.15. The van der Waals surface area contributed by atoms with Crippen molar-refractivity contribution in [1.82, 2.24) is 5.43 Å². The van der Waals surface area contributed by atoms with Crippen LogP contribution >= 0.6 is 0 Å². The zero-order chi connectivity index (χ0) is 15.7. The summed E-state index contributed by atoms with van der Waals surface area (Å²) in [5, 5.41) is 4.38. The van der Waals surface area contributed by atoms with Crippen molar-refractivity contribution in [1.29, 1.82) is 0 Å². The van der Waals surface area contributed by atoms with Crippen molar-refractivity contribution >= 4 is 11.6 Å². The fourth-order valence-electron chi connectivity index (χ4n) is 4.06. The molecule has 0 radical (unpaired) electrons. The molecule has 3 atom stereocenters. The van der Waals surface area contributed by atoms with Gasteiger partial charge in [0.25, 0.3) is 5.91 Å². The molecule has 118 valence electrons. The topological polar surface area (TPSA) is 41.5 Å². The fraction of sp³-hybridized carbons (Fsp3) is 0.579. The SMILES string of the molecule is C/C(=N\NC(=O)c1ccc(C(C)C)cc1)C1CC2CCC1C2. The van der Waals surface area contributed by atoms with E-state index in [2.05, 4.69) is 31.3 Å². The van der Waals surface area contributed by atoms with Crippen LogP contribution < -0.4 is 5.43 Å². The van der Waals surface area contributed by atoms with E-state index < -0.39 is 0 Å². The predicted molar refractivity (Wildman–Crippen MR) is 90.0 cm³/mol. The van der Waals surface area contributed by atoms with Crippen molar-refractivity contribution in [2.24, 2.45) is 22.9 Å². The largest absolute Gasteiger partial charge is 0.271 e. The summed E-state index contributed by atoms with van der Waals surface area (Å²) < 4.78 is 0. The molecule has 2 saturated carbocycles. The Morgan fingerprint density at radius 3 is 2.45 bits per heavy atom. The molecular formula is C19H26N2O. The molecule has 1 N–H and O–H groups in total. The highest BCUT2D eigenvalue weighted by Gasteiger charge is 2.40. The molecule has 3 rings (SSSR count). The van der Waals surface area contributed by atoms with Crippen molar-refractivity contribution in [2.75, 3.05) is 0 Å². The highest BCUT2D eigenvalue weighted by molar-refractivity contribution is 5.95. The molecule has 0 saturated heterocycles. The summed E-state index contributed by atoms with van der Waals surface area (Å²) in [5.41, 5.74) is 5.75. The minimum Gasteiger partial charge on any atom is -0.267 e. The van der Waals surface area contributed by atoms with Crippen molar-refractivity contribution in [2.45, 2.75) is 52.4 Å². The molecule has 0 aromatic heterocycles. The number of benzene rings is 1. The van der Waals surface area contributed by atoms with Crippen LogP contribution in [0.5, 0.6) is 0 Å². The number of amides is 1. The minimum absolute atomic E-state index is 0.113. The van der Waals surface area contributed by atoms with Gasteiger partial charge < -0.3 is 0 Å². The maximum atomic E-state index is 12.2. The van der Waals surface area contributed by atoms with Gasteiger partial charge in [-0.05, 0) is 61.6 Å². The lowest BCUT2D eigenvalue weighted by Gasteiger charge is -2.21. The molecule has 0 spiro atoms. The zero-order valence-electron chi connectivity index (χ0n) is 13.8. The monoisotopic (exact) mass is 298 g/mol. The smallest absolute Gasteiger partial charge is 0.267 e. The van der Waals surface area contributed by atoms with Crippen molar-refractivity contribution in [3.63, 3.8) is 0 Å². The number of nitrogens with one attached hydrogen (secondary N) is 1. The van der Waals surface area contributed by atoms with E-state index in [1.807, 2.05) is 24.3 Å². The molecule has 2 fully saturated rings. The molecule has 2 aliphatic rings. The number of hydrogen-bond acceptors (Lipinski definition) is 2. The zero-order valence-corrected chi connectivity index (χ0v) is 13.8. The van der Waals surface area contributed by atoms with E-state index in [4.69, 9.17) is 0 Å². The Balaban J connectivity index is 1.60. The lowest BCUT2D eigenvalue weighted by molar-refractivity contribution is 0.0954. The second-order valence-electron chi connectivity index (χ2n) is 7.25. The molecule has 3 unspecified atom stereocenters. The molecule has 3 heteroatoms. The number of hydrazone groups is 1. The number of hydrogen-bond donors (Lipinski definition) is 1. The first-order valence-corrected chi connectivity index (χ1v) is 8.49. The van der Waals surface area contributed by atoms with Gasteiger partial charge in [-0.1, -0.05) is 32.4 Å². The minimum atomic E-state index is -0.113. The highest BCUT2D eigenvalue weighted by Crippen LogP contribution is 2.48. The second kappa shape index (κ2) is 6.23. The second-order valence-corrected chi connectivity index (χ2v) is 7.25. The number of nitrogens with zero attached hydrogens (tertiary/aromatic N) is 1. The van der Waals surface area contributed by atoms with Crippen LogP contribution in [-0.4, -0.2) is 11.6 Å². The Hall–Kier alpha value is -1.64. The van der Waals surface area contributed by atoms with E-state index in [0.717, 1.165) is 17.5 Å². The first-order valence-electron chi connectivity index (χ1n) is 8.49. The van der Waals surface area contributed by atoms with Crippen molar-refractivity contribution in [3.8, 4) is 0 Å². The molecule has 1 aromatic rings. The van der Waals surface area contributed by atoms with Gasteiger partial charge >= 0.3 is 0 Å². The van der Waals surface area contributed by atoms with Crippen LogP contribution in [-0.2, 0) is 0 Å². The van der Waals surface area contributed by atoms with E-state index in [-0.39, 0.29) is 5.91 Å². The normalized spacial score (nSPS) is 27.5. The molecule has 1 aromatic carbocycles. The Bertz CT molecular complexity index is 574. The van der Waals surface area contributed by atoms with Crippen LogP contribution in [0.4, 0.5) is 0 Å². The molecule has 0 heterocycles. The van der Waals surface area contributed by atoms with Crippen molar-refractivity contribution < 1.29 is 4.79 Å². The lowest BCUT2D eigenvalue weighted by Crippen LogP contribution is -2.24. The summed E-state index contributed by atoms with van der Waals surface area (Å²) in [6.07, 6.45) is 5.36. The van der Waals surface area contributed by atoms with Crippen LogP contribution in [0.3, 0.4) is 0 Å². The molecule has 22 heavy (non-hydrogen) atoms. The first-order chi connectivity index (χ1) is 10.5. The summed E-state index contributed by atoms with van der Waals surface area (Å²) in [5.74, 6) is 2.66. The fourth-order valence-corrected chi connectivity index (χ4v) is 4.06. The highest BCUT2D eigenvalue weighted by atomic mass is 16.2. The molecule has 1 amide bonds. The molecule has 3 nitrogen and oxygen atoms in total. The number of rotatable bonds is 4. The summed E-state index contributed by atoms with van der Waals surface area (Å²) in [7, 11) is 0. The molecule has 2 bridgehead atoms. The summed E-state index contributed by atoms with van der Waals surface area (Å²) >= 11 is 0. The third kappa shape index (κ3) is 3.08. The quantitative estimate of drug-likeness (QED) is 0.651. The van der Waals surface area contributed by atoms with Gasteiger partial charge in [0.15, 0.2) is 0 Å². The number of carbonyl (C=O) groups excluding carboxylic acids is 1. The van der Waals surface area contributed by atoms with Gasteiger partial charge in [0, 0.05) is 17.2 Å². The van der Waals surface area contributed by atoms with Crippen LogP contribution in [0.25, 0.3) is 0 Å². The van der Waals surface area contributed by atoms with E-state index in [9.17, 15) is 4.79 Å². The van der Waals surface area contributed by atoms with Crippen LogP contribution in [0.1, 0.15) is 68.3 Å². The van der Waals surface area contributed by atoms with E-state index >= 15 is 0 Å². The molecule has 0 aliphatic heterocycles. The average molecular weight is 298 g/mol. The van der Waals surface area contributed by atoms with E-state index in [1.165, 1.54) is 31.2 Å². The maximum Gasteiger partial charge on any atom is 0.271 e. The lowest BCUT2D eigenvalue weighted by atomic mass is 9.86. The van der Waals surface area contributed by atoms with Crippen LogP contribution in [0.2, 0.25) is 0 Å². The Labute approximate surface area is 133 Å². The van der Waals surface area contributed by atoms with Crippen LogP contribution in [0.15, 0.2) is 29.4 Å². The van der Waals surface area contributed by atoms with Gasteiger partial charge in [-0.15, -0.1) is 0 Å². The van der Waals surface area contributed by atoms with Crippen LogP contribution in [0, 0.1) is 17.8 Å². The van der Waals surface area contributed by atoms with Gasteiger partial charge in [0.2, 0.25) is 0 Å².